The van der Waals surface area contributed by atoms with Crippen molar-refractivity contribution in [3.05, 3.63) is 62.7 Å². The Morgan fingerprint density at radius 2 is 1.96 bits per heavy atom. The molecule has 1 aliphatic rings. The molecule has 2 aromatic carbocycles. The molecule has 0 aliphatic carbocycles. The number of benzene rings is 2. The number of carbonyl (C=O) groups is 1. The molecular weight excluding hydrogens is 350 g/mol. The normalized spacial score (nSPS) is 12.8. The molecule has 25 heavy (non-hydrogen) atoms. The number of hydrogen-bond donors (Lipinski definition) is 1. The molecule has 0 fully saturated rings. The van der Waals surface area contributed by atoms with Crippen LogP contribution in [0.5, 0.6) is 11.5 Å². The number of carbonyl (C=O) groups excluding carboxylic acids is 1. The molecule has 0 unspecified atom stereocenters. The van der Waals surface area contributed by atoms with Gasteiger partial charge in [-0.15, -0.1) is 0 Å². The van der Waals surface area contributed by atoms with Gasteiger partial charge in [-0.1, -0.05) is 11.6 Å². The molecule has 0 saturated heterocycles. The lowest BCUT2D eigenvalue weighted by atomic mass is 10.2. The van der Waals surface area contributed by atoms with Crippen LogP contribution in [0.15, 0.2) is 41.5 Å². The average Bonchev–Trinajstić information content (AvgIpc) is 2.61. The number of amides is 1. The van der Waals surface area contributed by atoms with E-state index in [-0.39, 0.29) is 16.3 Å². The first kappa shape index (κ1) is 16.7. The number of hydrazone groups is 1. The van der Waals surface area contributed by atoms with Gasteiger partial charge in [-0.3, -0.25) is 14.9 Å². The summed E-state index contributed by atoms with van der Waals surface area (Å²) >= 11 is 5.90. The molecule has 0 aromatic heterocycles. The topological polar surface area (TPSA) is 103 Å². The molecule has 8 nitrogen and oxygen atoms in total. The first-order chi connectivity index (χ1) is 12.0. The number of nitro benzene ring substituents is 1. The van der Waals surface area contributed by atoms with Crippen molar-refractivity contribution in [3.8, 4) is 11.5 Å². The second-order valence-corrected chi connectivity index (χ2v) is 5.43. The largest absolute Gasteiger partial charge is 0.486 e. The number of nitro groups is 1. The standard InChI is InChI=1S/C16H12ClN3O5/c17-13-8-11(20(22)23)2-3-12(13)16(21)19-18-9-10-1-4-14-15(7-10)25-6-5-24-14/h1-4,7-9H,5-6H2,(H,19,21). The van der Waals surface area contributed by atoms with Gasteiger partial charge >= 0.3 is 0 Å². The highest BCUT2D eigenvalue weighted by Gasteiger charge is 2.14. The summed E-state index contributed by atoms with van der Waals surface area (Å²) in [6, 6.07) is 8.84. The summed E-state index contributed by atoms with van der Waals surface area (Å²) in [5.74, 6) is 0.693. The summed E-state index contributed by atoms with van der Waals surface area (Å²) in [4.78, 5) is 22.1. The van der Waals surface area contributed by atoms with Crippen LogP contribution in [0.2, 0.25) is 5.02 Å². The molecule has 9 heteroatoms. The molecule has 0 atom stereocenters. The Bertz CT molecular complexity index is 869. The van der Waals surface area contributed by atoms with Gasteiger partial charge in [0.15, 0.2) is 11.5 Å². The van der Waals surface area contributed by atoms with Crippen LogP contribution in [0.25, 0.3) is 0 Å². The molecule has 3 rings (SSSR count). The monoisotopic (exact) mass is 361 g/mol. The van der Waals surface area contributed by atoms with Gasteiger partial charge < -0.3 is 9.47 Å². The minimum absolute atomic E-state index is 0.0266. The quantitative estimate of drug-likeness (QED) is 0.512. The minimum Gasteiger partial charge on any atom is -0.486 e. The Hall–Kier alpha value is -3.13. The summed E-state index contributed by atoms with van der Waals surface area (Å²) in [7, 11) is 0. The van der Waals surface area contributed by atoms with Crippen molar-refractivity contribution in [1.82, 2.24) is 5.43 Å². The van der Waals surface area contributed by atoms with Crippen molar-refractivity contribution < 1.29 is 19.2 Å². The van der Waals surface area contributed by atoms with E-state index in [1.165, 1.54) is 18.3 Å². The molecule has 1 heterocycles. The van der Waals surface area contributed by atoms with Crippen LogP contribution in [-0.4, -0.2) is 30.3 Å². The summed E-state index contributed by atoms with van der Waals surface area (Å²) in [5, 5.41) is 14.5. The lowest BCUT2D eigenvalue weighted by Gasteiger charge is -2.18. The fourth-order valence-corrected chi connectivity index (χ4v) is 2.43. The Kier molecular flexibility index (Phi) is 4.80. The Balaban J connectivity index is 1.68. The Morgan fingerprint density at radius 3 is 2.68 bits per heavy atom. The lowest BCUT2D eigenvalue weighted by Crippen LogP contribution is -2.18. The zero-order valence-electron chi connectivity index (χ0n) is 12.8. The van der Waals surface area contributed by atoms with Crippen LogP contribution in [0, 0.1) is 10.1 Å². The van der Waals surface area contributed by atoms with Crippen LogP contribution in [0.1, 0.15) is 15.9 Å². The maximum absolute atomic E-state index is 12.0. The van der Waals surface area contributed by atoms with E-state index < -0.39 is 10.8 Å². The molecule has 1 N–H and O–H groups in total. The smallest absolute Gasteiger partial charge is 0.272 e. The molecule has 1 amide bonds. The van der Waals surface area contributed by atoms with Crippen molar-refractivity contribution in [2.75, 3.05) is 13.2 Å². The van der Waals surface area contributed by atoms with Crippen LogP contribution < -0.4 is 14.9 Å². The highest BCUT2D eigenvalue weighted by Crippen LogP contribution is 2.30. The maximum atomic E-state index is 12.0. The van der Waals surface area contributed by atoms with E-state index in [4.69, 9.17) is 21.1 Å². The number of halogens is 1. The van der Waals surface area contributed by atoms with Crippen LogP contribution in [0.4, 0.5) is 5.69 Å². The van der Waals surface area contributed by atoms with Crippen molar-refractivity contribution in [2.24, 2.45) is 5.10 Å². The van der Waals surface area contributed by atoms with Crippen molar-refractivity contribution in [1.29, 1.82) is 0 Å². The predicted molar refractivity (Wildman–Crippen MR) is 90.6 cm³/mol. The number of hydrogen-bond acceptors (Lipinski definition) is 6. The first-order valence-corrected chi connectivity index (χ1v) is 7.59. The highest BCUT2D eigenvalue weighted by atomic mass is 35.5. The second kappa shape index (κ2) is 7.18. The average molecular weight is 362 g/mol. The SMILES string of the molecule is O=C(NN=Cc1ccc2c(c1)OCCO2)c1ccc([N+](=O)[O-])cc1Cl. The number of nitrogens with one attached hydrogen (secondary N) is 1. The molecule has 1 aliphatic heterocycles. The van der Waals surface area contributed by atoms with Gasteiger partial charge in [0, 0.05) is 12.1 Å². The second-order valence-electron chi connectivity index (χ2n) is 5.02. The molecule has 0 radical (unpaired) electrons. The molecule has 0 saturated carbocycles. The van der Waals surface area contributed by atoms with E-state index in [2.05, 4.69) is 10.5 Å². The molecule has 0 spiro atoms. The molecular formula is C16H12ClN3O5. The van der Waals surface area contributed by atoms with E-state index in [0.717, 1.165) is 6.07 Å². The Labute approximate surface area is 147 Å². The molecule has 2 aromatic rings. The van der Waals surface area contributed by atoms with Gasteiger partial charge in [0.1, 0.15) is 13.2 Å². The summed E-state index contributed by atoms with van der Waals surface area (Å²) in [6.07, 6.45) is 1.44. The van der Waals surface area contributed by atoms with Crippen molar-refractivity contribution in [2.45, 2.75) is 0 Å². The zero-order valence-corrected chi connectivity index (χ0v) is 13.5. The van der Waals surface area contributed by atoms with Crippen LogP contribution in [0.3, 0.4) is 0 Å². The van der Waals surface area contributed by atoms with Crippen molar-refractivity contribution in [3.63, 3.8) is 0 Å². The minimum atomic E-state index is -0.590. The van der Waals surface area contributed by atoms with Crippen LogP contribution >= 0.6 is 11.6 Å². The highest BCUT2D eigenvalue weighted by molar-refractivity contribution is 6.34. The number of non-ortho nitro benzene ring substituents is 1. The lowest BCUT2D eigenvalue weighted by molar-refractivity contribution is -0.384. The fraction of sp³-hybridized carbons (Fsp3) is 0.125. The van der Waals surface area contributed by atoms with E-state index >= 15 is 0 Å². The van der Waals surface area contributed by atoms with Gasteiger partial charge in [-0.05, 0) is 29.8 Å². The van der Waals surface area contributed by atoms with E-state index in [1.54, 1.807) is 18.2 Å². The third-order valence-electron chi connectivity index (χ3n) is 3.35. The van der Waals surface area contributed by atoms with Crippen LogP contribution in [-0.2, 0) is 0 Å². The van der Waals surface area contributed by atoms with E-state index in [9.17, 15) is 14.9 Å². The van der Waals surface area contributed by atoms with Gasteiger partial charge in [0.25, 0.3) is 11.6 Å². The van der Waals surface area contributed by atoms with E-state index in [1.807, 2.05) is 0 Å². The number of ether oxygens (including phenoxy) is 2. The first-order valence-electron chi connectivity index (χ1n) is 7.21. The van der Waals surface area contributed by atoms with Gasteiger partial charge in [-0.25, -0.2) is 5.43 Å². The molecule has 0 bridgehead atoms. The van der Waals surface area contributed by atoms with Gasteiger partial charge in [-0.2, -0.15) is 5.10 Å². The number of rotatable bonds is 4. The third kappa shape index (κ3) is 3.86. The third-order valence-corrected chi connectivity index (χ3v) is 3.67. The fourth-order valence-electron chi connectivity index (χ4n) is 2.17. The zero-order chi connectivity index (χ0) is 17.8. The van der Waals surface area contributed by atoms with Crippen molar-refractivity contribution >= 4 is 29.4 Å². The summed E-state index contributed by atoms with van der Waals surface area (Å²) in [6.45, 7) is 0.982. The van der Waals surface area contributed by atoms with Gasteiger partial charge in [0.2, 0.25) is 0 Å². The summed E-state index contributed by atoms with van der Waals surface area (Å²) in [5.41, 5.74) is 2.93. The number of nitrogens with zero attached hydrogens (tertiary/aromatic N) is 2. The number of fused-ring (bicyclic) bond motifs is 1. The predicted octanol–water partition coefficient (Wildman–Crippen LogP) is 2.78. The Morgan fingerprint density at radius 1 is 1.20 bits per heavy atom. The van der Waals surface area contributed by atoms with E-state index in [0.29, 0.717) is 30.3 Å². The van der Waals surface area contributed by atoms with Gasteiger partial charge in [0.05, 0.1) is 21.7 Å². The maximum Gasteiger partial charge on any atom is 0.272 e. The summed E-state index contributed by atoms with van der Waals surface area (Å²) < 4.78 is 10.9. The molecule has 128 valence electrons.